The molecule has 0 aliphatic heterocycles. The average molecular weight is 381 g/mol. The summed E-state index contributed by atoms with van der Waals surface area (Å²) in [6, 6.07) is 10.1. The van der Waals surface area contributed by atoms with E-state index < -0.39 is 0 Å². The van der Waals surface area contributed by atoms with Gasteiger partial charge in [0.15, 0.2) is 11.7 Å². The molecule has 0 aliphatic carbocycles. The van der Waals surface area contributed by atoms with Crippen molar-refractivity contribution in [3.63, 3.8) is 0 Å². The maximum atomic E-state index is 5.59. The van der Waals surface area contributed by atoms with Crippen LogP contribution in [0.2, 0.25) is 0 Å². The fourth-order valence-corrected chi connectivity index (χ4v) is 2.57. The van der Waals surface area contributed by atoms with Crippen molar-refractivity contribution in [2.24, 2.45) is 4.99 Å². The third kappa shape index (κ3) is 5.22. The van der Waals surface area contributed by atoms with Crippen LogP contribution in [0.15, 0.2) is 50.5 Å². The lowest BCUT2D eigenvalue weighted by Gasteiger charge is -2.09. The zero-order valence-electron chi connectivity index (χ0n) is 16.8. The number of benzene rings is 1. The second kappa shape index (κ2) is 9.21. The van der Waals surface area contributed by atoms with E-state index >= 15 is 0 Å². The summed E-state index contributed by atoms with van der Waals surface area (Å²) in [7, 11) is 0. The van der Waals surface area contributed by atoms with E-state index in [9.17, 15) is 0 Å². The molecular formula is C21H27N5O2. The zero-order valence-corrected chi connectivity index (χ0v) is 16.8. The minimum Gasteiger partial charge on any atom is -0.444 e. The van der Waals surface area contributed by atoms with Gasteiger partial charge in [-0.15, -0.1) is 0 Å². The summed E-state index contributed by atoms with van der Waals surface area (Å²) in [6.45, 7) is 9.93. The van der Waals surface area contributed by atoms with Crippen LogP contribution in [-0.2, 0) is 13.1 Å². The van der Waals surface area contributed by atoms with Crippen LogP contribution in [0.25, 0.3) is 11.5 Å². The Morgan fingerprint density at radius 3 is 2.64 bits per heavy atom. The van der Waals surface area contributed by atoms with Gasteiger partial charge in [-0.3, -0.25) is 0 Å². The summed E-state index contributed by atoms with van der Waals surface area (Å²) < 4.78 is 10.9. The van der Waals surface area contributed by atoms with Crippen LogP contribution in [0, 0.1) is 6.92 Å². The van der Waals surface area contributed by atoms with Gasteiger partial charge in [-0.05, 0) is 31.9 Å². The fraction of sp³-hybridized carbons (Fsp3) is 0.381. The second-order valence-corrected chi connectivity index (χ2v) is 6.93. The maximum Gasteiger partial charge on any atom is 0.226 e. The number of guanidine groups is 1. The molecule has 3 rings (SSSR count). The monoisotopic (exact) mass is 381 g/mol. The number of hydrogen-bond acceptors (Lipinski definition) is 5. The van der Waals surface area contributed by atoms with E-state index in [1.54, 1.807) is 6.26 Å². The molecule has 0 fully saturated rings. The first kappa shape index (κ1) is 19.7. The quantitative estimate of drug-likeness (QED) is 0.475. The van der Waals surface area contributed by atoms with Gasteiger partial charge in [-0.25, -0.2) is 9.98 Å². The van der Waals surface area contributed by atoms with Crippen LogP contribution in [0.1, 0.15) is 49.4 Å². The van der Waals surface area contributed by atoms with Crippen LogP contribution < -0.4 is 10.6 Å². The van der Waals surface area contributed by atoms with Crippen molar-refractivity contribution in [2.45, 2.75) is 46.7 Å². The molecule has 0 atom stereocenters. The van der Waals surface area contributed by atoms with Gasteiger partial charge in [0.2, 0.25) is 5.89 Å². The molecule has 0 saturated heterocycles. The predicted octanol–water partition coefficient (Wildman–Crippen LogP) is 4.02. The molecule has 0 spiro atoms. The fourth-order valence-electron chi connectivity index (χ4n) is 2.57. The number of aliphatic imine (C=N–C) groups is 1. The standard InChI is InChI=1S/C21H27N5O2/c1-5-22-21(24-12-18-10-19(14(2)3)26-28-18)23-11-17-13-27-20(25-17)16-8-6-15(4)7-9-16/h6-10,13-14H,5,11-12H2,1-4H3,(H2,22,23,24). The van der Waals surface area contributed by atoms with Crippen molar-refractivity contribution in [1.82, 2.24) is 20.8 Å². The molecule has 0 bridgehead atoms. The Balaban J connectivity index is 1.61. The molecule has 28 heavy (non-hydrogen) atoms. The summed E-state index contributed by atoms with van der Waals surface area (Å²) in [4.78, 5) is 9.10. The zero-order chi connectivity index (χ0) is 19.9. The third-order valence-corrected chi connectivity index (χ3v) is 4.19. The molecular weight excluding hydrogens is 354 g/mol. The van der Waals surface area contributed by atoms with E-state index in [0.29, 0.717) is 30.9 Å². The molecule has 1 aromatic carbocycles. The molecule has 148 valence electrons. The Labute approximate surface area is 165 Å². The van der Waals surface area contributed by atoms with Gasteiger partial charge >= 0.3 is 0 Å². The lowest BCUT2D eigenvalue weighted by Crippen LogP contribution is -2.36. The minimum atomic E-state index is 0.342. The predicted molar refractivity (Wildman–Crippen MR) is 109 cm³/mol. The Bertz CT molecular complexity index is 909. The molecule has 0 saturated carbocycles. The van der Waals surface area contributed by atoms with Crippen molar-refractivity contribution in [3.8, 4) is 11.5 Å². The van der Waals surface area contributed by atoms with Crippen LogP contribution in [0.4, 0.5) is 0 Å². The Morgan fingerprint density at radius 1 is 1.18 bits per heavy atom. The van der Waals surface area contributed by atoms with E-state index in [1.165, 1.54) is 5.56 Å². The molecule has 0 amide bonds. The summed E-state index contributed by atoms with van der Waals surface area (Å²) in [6.07, 6.45) is 1.65. The lowest BCUT2D eigenvalue weighted by molar-refractivity contribution is 0.372. The molecule has 0 radical (unpaired) electrons. The normalized spacial score (nSPS) is 11.8. The average Bonchev–Trinajstić information content (AvgIpc) is 3.34. The van der Waals surface area contributed by atoms with Gasteiger partial charge < -0.3 is 19.6 Å². The van der Waals surface area contributed by atoms with Gasteiger partial charge in [0.25, 0.3) is 0 Å². The first-order valence-electron chi connectivity index (χ1n) is 9.54. The Kier molecular flexibility index (Phi) is 6.47. The highest BCUT2D eigenvalue weighted by Crippen LogP contribution is 2.19. The smallest absolute Gasteiger partial charge is 0.226 e. The topological polar surface area (TPSA) is 88.5 Å². The van der Waals surface area contributed by atoms with Crippen molar-refractivity contribution < 1.29 is 8.94 Å². The van der Waals surface area contributed by atoms with Crippen LogP contribution in [-0.4, -0.2) is 22.6 Å². The molecule has 2 heterocycles. The van der Waals surface area contributed by atoms with Gasteiger partial charge in [0, 0.05) is 18.2 Å². The van der Waals surface area contributed by atoms with Crippen molar-refractivity contribution in [2.75, 3.05) is 6.54 Å². The van der Waals surface area contributed by atoms with Gasteiger partial charge in [-0.2, -0.15) is 0 Å². The highest BCUT2D eigenvalue weighted by molar-refractivity contribution is 5.79. The maximum absolute atomic E-state index is 5.59. The minimum absolute atomic E-state index is 0.342. The number of oxazole rings is 1. The number of rotatable bonds is 7. The number of nitrogens with one attached hydrogen (secondary N) is 2. The Hall–Kier alpha value is -3.09. The van der Waals surface area contributed by atoms with Gasteiger partial charge in [0.1, 0.15) is 12.0 Å². The SMILES string of the molecule is CCNC(=NCc1coc(-c2ccc(C)cc2)n1)NCc1cc(C(C)C)no1. The number of nitrogens with zero attached hydrogens (tertiary/aromatic N) is 3. The van der Waals surface area contributed by atoms with Crippen LogP contribution in [0.5, 0.6) is 0 Å². The molecule has 7 heteroatoms. The lowest BCUT2D eigenvalue weighted by atomic mass is 10.1. The number of hydrogen-bond donors (Lipinski definition) is 2. The summed E-state index contributed by atoms with van der Waals surface area (Å²) >= 11 is 0. The molecule has 7 nitrogen and oxygen atoms in total. The van der Waals surface area contributed by atoms with E-state index in [-0.39, 0.29) is 0 Å². The molecule has 0 aliphatic rings. The molecule has 2 aromatic heterocycles. The van der Waals surface area contributed by atoms with Crippen molar-refractivity contribution in [3.05, 3.63) is 59.3 Å². The van der Waals surface area contributed by atoms with E-state index in [1.807, 2.05) is 37.3 Å². The highest BCUT2D eigenvalue weighted by Gasteiger charge is 2.09. The number of aromatic nitrogens is 2. The molecule has 2 N–H and O–H groups in total. The second-order valence-electron chi connectivity index (χ2n) is 6.93. The van der Waals surface area contributed by atoms with Crippen molar-refractivity contribution >= 4 is 5.96 Å². The first-order chi connectivity index (χ1) is 13.5. The molecule has 0 unspecified atom stereocenters. The molecule has 3 aromatic rings. The van der Waals surface area contributed by atoms with Crippen molar-refractivity contribution in [1.29, 1.82) is 0 Å². The van der Waals surface area contributed by atoms with Crippen LogP contribution in [0.3, 0.4) is 0 Å². The van der Waals surface area contributed by atoms with Crippen LogP contribution >= 0.6 is 0 Å². The highest BCUT2D eigenvalue weighted by atomic mass is 16.5. The van der Waals surface area contributed by atoms with Gasteiger partial charge in [0.05, 0.1) is 18.8 Å². The summed E-state index contributed by atoms with van der Waals surface area (Å²) in [5.74, 6) is 2.41. The van der Waals surface area contributed by atoms with E-state index in [4.69, 9.17) is 8.94 Å². The van der Waals surface area contributed by atoms with E-state index in [0.717, 1.165) is 29.3 Å². The first-order valence-corrected chi connectivity index (χ1v) is 9.54. The van der Waals surface area contributed by atoms with Gasteiger partial charge in [-0.1, -0.05) is 36.7 Å². The number of aryl methyl sites for hydroxylation is 1. The van der Waals surface area contributed by atoms with E-state index in [2.05, 4.69) is 46.5 Å². The largest absolute Gasteiger partial charge is 0.444 e. The summed E-state index contributed by atoms with van der Waals surface area (Å²) in [5.41, 5.74) is 3.88. The third-order valence-electron chi connectivity index (χ3n) is 4.19. The summed E-state index contributed by atoms with van der Waals surface area (Å²) in [5, 5.41) is 10.5. The Morgan fingerprint density at radius 2 is 1.96 bits per heavy atom.